The third-order valence-corrected chi connectivity index (χ3v) is 4.29. The van der Waals surface area contributed by atoms with E-state index in [1.807, 2.05) is 24.3 Å². The number of anilines is 1. The van der Waals surface area contributed by atoms with Crippen LogP contribution in [0.4, 0.5) is 5.69 Å². The number of hydrogen-bond acceptors (Lipinski definition) is 3. The predicted molar refractivity (Wildman–Crippen MR) is 66.9 cm³/mol. The van der Waals surface area contributed by atoms with Gasteiger partial charge in [-0.25, -0.2) is 8.42 Å². The van der Waals surface area contributed by atoms with Gasteiger partial charge in [0.1, 0.15) is 9.84 Å². The minimum Gasteiger partial charge on any atom is -0.314 e. The highest BCUT2D eigenvalue weighted by atomic mass is 32.2. The molecular weight excluding hydrogens is 238 g/mol. The topological polar surface area (TPSA) is 54.5 Å². The van der Waals surface area contributed by atoms with Crippen LogP contribution in [0.3, 0.4) is 0 Å². The van der Waals surface area contributed by atoms with E-state index >= 15 is 0 Å². The smallest absolute Gasteiger partial charge is 0.238 e. The van der Waals surface area contributed by atoms with Crippen molar-refractivity contribution in [2.24, 2.45) is 0 Å². The van der Waals surface area contributed by atoms with Gasteiger partial charge in [-0.2, -0.15) is 0 Å². The lowest BCUT2D eigenvalue weighted by Crippen LogP contribution is -2.41. The number of carbonyl (C=O) groups excluding carboxylic acids is 1. The molecule has 1 aliphatic heterocycles. The Morgan fingerprint density at radius 3 is 2.47 bits per heavy atom. The zero-order valence-electron chi connectivity index (χ0n) is 10.1. The largest absolute Gasteiger partial charge is 0.314 e. The molecule has 0 saturated heterocycles. The number of sulfone groups is 1. The normalized spacial score (nSPS) is 23.9. The van der Waals surface area contributed by atoms with E-state index in [4.69, 9.17) is 0 Å². The van der Waals surface area contributed by atoms with E-state index in [2.05, 4.69) is 0 Å². The Kier molecular flexibility index (Phi) is 2.54. The summed E-state index contributed by atoms with van der Waals surface area (Å²) in [5.74, 6) is -0.315. The van der Waals surface area contributed by atoms with E-state index in [0.717, 1.165) is 17.5 Å². The predicted octanol–water partition coefficient (Wildman–Crippen LogP) is 0.965. The van der Waals surface area contributed by atoms with Crippen LogP contribution in [0.15, 0.2) is 24.3 Å². The van der Waals surface area contributed by atoms with E-state index in [0.29, 0.717) is 0 Å². The summed E-state index contributed by atoms with van der Waals surface area (Å²) in [5, 5.41) is 0. The number of nitrogens with zero attached hydrogens (tertiary/aromatic N) is 1. The third kappa shape index (κ3) is 1.84. The van der Waals surface area contributed by atoms with Crippen molar-refractivity contribution in [3.63, 3.8) is 0 Å². The second kappa shape index (κ2) is 3.57. The quantitative estimate of drug-likeness (QED) is 0.789. The molecule has 0 aliphatic carbocycles. The summed E-state index contributed by atoms with van der Waals surface area (Å²) in [6, 6.07) is 7.32. The zero-order chi connectivity index (χ0) is 12.8. The third-order valence-electron chi connectivity index (χ3n) is 3.19. The molecule has 0 N–H and O–H groups in total. The average molecular weight is 253 g/mol. The van der Waals surface area contributed by atoms with Crippen molar-refractivity contribution >= 4 is 21.4 Å². The van der Waals surface area contributed by atoms with Crippen LogP contribution >= 0.6 is 0 Å². The molecule has 1 aromatic rings. The second-order valence-electron chi connectivity index (χ2n) is 4.78. The molecule has 17 heavy (non-hydrogen) atoms. The van der Waals surface area contributed by atoms with Gasteiger partial charge in [-0.1, -0.05) is 18.2 Å². The zero-order valence-corrected chi connectivity index (χ0v) is 10.9. The maximum Gasteiger partial charge on any atom is 0.238 e. The molecule has 1 atom stereocenters. The molecule has 92 valence electrons. The van der Waals surface area contributed by atoms with Crippen molar-refractivity contribution in [3.8, 4) is 0 Å². The molecule has 2 rings (SSSR count). The molecule has 5 heteroatoms. The Hall–Kier alpha value is -1.36. The molecule has 1 amide bonds. The first kappa shape index (κ1) is 12.1. The van der Waals surface area contributed by atoms with Crippen molar-refractivity contribution in [3.05, 3.63) is 29.8 Å². The number of carbonyl (C=O) groups is 1. The highest BCUT2D eigenvalue weighted by molar-refractivity contribution is 7.90. The fourth-order valence-electron chi connectivity index (χ4n) is 2.49. The lowest BCUT2D eigenvalue weighted by Gasteiger charge is -2.21. The number of hydrogen-bond donors (Lipinski definition) is 0. The summed E-state index contributed by atoms with van der Waals surface area (Å²) >= 11 is 0. The highest BCUT2D eigenvalue weighted by Crippen LogP contribution is 2.41. The van der Waals surface area contributed by atoms with Crippen LogP contribution in [0.2, 0.25) is 0 Å². The first-order valence-electron chi connectivity index (χ1n) is 5.31. The Labute approximate surface area is 101 Å². The van der Waals surface area contributed by atoms with Crippen LogP contribution in [0, 0.1) is 0 Å². The van der Waals surface area contributed by atoms with Crippen LogP contribution in [0.5, 0.6) is 0 Å². The summed E-state index contributed by atoms with van der Waals surface area (Å²) in [6.45, 7) is 1.69. The van der Waals surface area contributed by atoms with Gasteiger partial charge in [0.15, 0.2) is 0 Å². The summed E-state index contributed by atoms with van der Waals surface area (Å²) in [5.41, 5.74) is 0.625. The summed E-state index contributed by atoms with van der Waals surface area (Å²) < 4.78 is 23.0. The fraction of sp³-hybridized carbons (Fsp3) is 0.417. The molecule has 0 radical (unpaired) electrons. The molecule has 4 nitrogen and oxygen atoms in total. The van der Waals surface area contributed by atoms with Crippen molar-refractivity contribution in [1.29, 1.82) is 0 Å². The molecule has 0 bridgehead atoms. The number of para-hydroxylation sites is 1. The van der Waals surface area contributed by atoms with Gasteiger partial charge in [0.05, 0.1) is 11.2 Å². The van der Waals surface area contributed by atoms with E-state index in [-0.39, 0.29) is 11.7 Å². The lowest BCUT2D eigenvalue weighted by atomic mass is 9.86. The van der Waals surface area contributed by atoms with Gasteiger partial charge in [0.2, 0.25) is 5.91 Å². The first-order valence-corrected chi connectivity index (χ1v) is 7.37. The fourth-order valence-corrected chi connectivity index (χ4v) is 3.82. The average Bonchev–Trinajstić information content (AvgIpc) is 2.40. The highest BCUT2D eigenvalue weighted by Gasteiger charge is 2.47. The van der Waals surface area contributed by atoms with E-state index in [1.54, 1.807) is 14.0 Å². The van der Waals surface area contributed by atoms with Gasteiger partial charge in [-0.15, -0.1) is 0 Å². The van der Waals surface area contributed by atoms with Gasteiger partial charge in [0, 0.05) is 19.0 Å². The standard InChI is InChI=1S/C12H15NO3S/c1-12(8-17(3,15)16)9-6-4-5-7-10(9)13(2)11(12)14/h4-7H,8H2,1-3H3/t12-/m1/s1. The molecule has 1 aromatic carbocycles. The van der Waals surface area contributed by atoms with Gasteiger partial charge in [0.25, 0.3) is 0 Å². The monoisotopic (exact) mass is 253 g/mol. The van der Waals surface area contributed by atoms with Crippen LogP contribution in [0.1, 0.15) is 12.5 Å². The lowest BCUT2D eigenvalue weighted by molar-refractivity contribution is -0.121. The molecule has 1 heterocycles. The summed E-state index contributed by atoms with van der Waals surface area (Å²) in [6.07, 6.45) is 1.16. The van der Waals surface area contributed by atoms with E-state index in [1.165, 1.54) is 4.90 Å². The first-order chi connectivity index (χ1) is 7.76. The number of amides is 1. The van der Waals surface area contributed by atoms with Crippen LogP contribution in [-0.2, 0) is 20.0 Å². The SMILES string of the molecule is CN1C(=O)[C@](C)(CS(C)(=O)=O)c2ccccc21. The Morgan fingerprint density at radius 1 is 1.29 bits per heavy atom. The molecule has 0 spiro atoms. The van der Waals surface area contributed by atoms with Crippen LogP contribution < -0.4 is 4.90 Å². The van der Waals surface area contributed by atoms with Crippen LogP contribution in [0.25, 0.3) is 0 Å². The maximum absolute atomic E-state index is 12.2. The Morgan fingerprint density at radius 2 is 1.88 bits per heavy atom. The Balaban J connectivity index is 2.60. The number of fused-ring (bicyclic) bond motifs is 1. The molecule has 0 unspecified atom stereocenters. The minimum atomic E-state index is -3.21. The van der Waals surface area contributed by atoms with Gasteiger partial charge in [-0.05, 0) is 18.6 Å². The maximum atomic E-state index is 12.2. The van der Waals surface area contributed by atoms with Gasteiger partial charge < -0.3 is 4.90 Å². The van der Waals surface area contributed by atoms with Gasteiger partial charge >= 0.3 is 0 Å². The molecule has 0 saturated carbocycles. The number of likely N-dealkylation sites (N-methyl/N-ethyl adjacent to an activating group) is 1. The second-order valence-corrected chi connectivity index (χ2v) is 6.92. The molecule has 1 aliphatic rings. The number of rotatable bonds is 2. The van der Waals surface area contributed by atoms with Crippen molar-refractivity contribution in [1.82, 2.24) is 0 Å². The minimum absolute atomic E-state index is 0.153. The van der Waals surface area contributed by atoms with E-state index in [9.17, 15) is 13.2 Å². The van der Waals surface area contributed by atoms with Crippen LogP contribution in [-0.4, -0.2) is 33.4 Å². The van der Waals surface area contributed by atoms with Crippen molar-refractivity contribution in [2.45, 2.75) is 12.3 Å². The number of benzene rings is 1. The molecular formula is C12H15NO3S. The Bertz CT molecular complexity index is 579. The molecule has 0 aromatic heterocycles. The van der Waals surface area contributed by atoms with E-state index < -0.39 is 15.3 Å². The summed E-state index contributed by atoms with van der Waals surface area (Å²) in [7, 11) is -1.54. The molecule has 0 fully saturated rings. The van der Waals surface area contributed by atoms with Gasteiger partial charge in [-0.3, -0.25) is 4.79 Å². The van der Waals surface area contributed by atoms with Crippen molar-refractivity contribution < 1.29 is 13.2 Å². The summed E-state index contributed by atoms with van der Waals surface area (Å²) in [4.78, 5) is 13.8. The van der Waals surface area contributed by atoms with Crippen molar-refractivity contribution in [2.75, 3.05) is 24.0 Å².